The van der Waals surface area contributed by atoms with Crippen LogP contribution in [0.25, 0.3) is 5.57 Å². The van der Waals surface area contributed by atoms with E-state index < -0.39 is 5.97 Å². The Bertz CT molecular complexity index is 736. The van der Waals surface area contributed by atoms with Gasteiger partial charge in [-0.15, -0.1) is 0 Å². The third kappa shape index (κ3) is 3.26. The third-order valence-electron chi connectivity index (χ3n) is 3.80. The van der Waals surface area contributed by atoms with E-state index in [2.05, 4.69) is 0 Å². The highest BCUT2D eigenvalue weighted by Gasteiger charge is 2.26. The van der Waals surface area contributed by atoms with Crippen LogP contribution in [0.5, 0.6) is 0 Å². The van der Waals surface area contributed by atoms with Gasteiger partial charge in [-0.05, 0) is 54.7 Å². The van der Waals surface area contributed by atoms with E-state index in [4.69, 9.17) is 9.47 Å². The number of rotatable bonds is 4. The van der Waals surface area contributed by atoms with E-state index in [1.54, 1.807) is 25.3 Å². The first-order valence-corrected chi connectivity index (χ1v) is 7.59. The minimum atomic E-state index is -0.413. The highest BCUT2D eigenvalue weighted by molar-refractivity contribution is 5.96. The van der Waals surface area contributed by atoms with Crippen molar-refractivity contribution in [3.8, 4) is 0 Å². The molecule has 0 spiro atoms. The minimum absolute atomic E-state index is 0.308. The van der Waals surface area contributed by atoms with Crippen LogP contribution >= 0.6 is 0 Å². The fourth-order valence-electron chi connectivity index (χ4n) is 2.78. The number of fused-ring (bicyclic) bond motifs is 1. The molecule has 0 radical (unpaired) electrons. The van der Waals surface area contributed by atoms with Crippen LogP contribution in [0.3, 0.4) is 0 Å². The molecule has 3 rings (SSSR count). The Balaban J connectivity index is 2.06. The van der Waals surface area contributed by atoms with Gasteiger partial charge in [0.2, 0.25) is 0 Å². The van der Waals surface area contributed by atoms with Crippen molar-refractivity contribution in [1.82, 2.24) is 0 Å². The summed E-state index contributed by atoms with van der Waals surface area (Å²) in [5.41, 5.74) is 3.54. The zero-order valence-electron chi connectivity index (χ0n) is 12.8. The van der Waals surface area contributed by atoms with Crippen molar-refractivity contribution >= 4 is 11.5 Å². The summed E-state index contributed by atoms with van der Waals surface area (Å²) in [5, 5.41) is 0. The summed E-state index contributed by atoms with van der Waals surface area (Å²) >= 11 is 0. The van der Waals surface area contributed by atoms with Crippen molar-refractivity contribution in [2.24, 2.45) is 0 Å². The average molecular weight is 312 g/mol. The quantitative estimate of drug-likeness (QED) is 0.614. The number of carbonyl (C=O) groups excluding carboxylic acids is 1. The predicted molar refractivity (Wildman–Crippen MR) is 85.6 cm³/mol. The second-order valence-electron chi connectivity index (χ2n) is 5.26. The summed E-state index contributed by atoms with van der Waals surface area (Å²) in [6, 6.07) is 6.09. The second kappa shape index (κ2) is 6.65. The molecule has 0 saturated carbocycles. The summed E-state index contributed by atoms with van der Waals surface area (Å²) in [7, 11) is 0. The molecule has 0 atom stereocenters. The van der Waals surface area contributed by atoms with Gasteiger partial charge in [-0.1, -0.05) is 18.2 Å². The molecule has 3 nitrogen and oxygen atoms in total. The Morgan fingerprint density at radius 2 is 2.09 bits per heavy atom. The number of carbonyl (C=O) groups is 1. The smallest absolute Gasteiger partial charge is 0.331 e. The highest BCUT2D eigenvalue weighted by atomic mass is 19.1. The molecule has 2 aliphatic rings. The molecule has 0 saturated heterocycles. The van der Waals surface area contributed by atoms with Crippen LogP contribution in [0.2, 0.25) is 0 Å². The molecule has 1 aromatic carbocycles. The first-order valence-electron chi connectivity index (χ1n) is 7.59. The minimum Gasteiger partial charge on any atom is -0.464 e. The molecule has 118 valence electrons. The first-order chi connectivity index (χ1) is 11.2. The number of hydrogen-bond acceptors (Lipinski definition) is 3. The predicted octanol–water partition coefficient (Wildman–Crippen LogP) is 4.29. The van der Waals surface area contributed by atoms with Crippen LogP contribution in [0, 0.1) is 5.82 Å². The number of ether oxygens (including phenoxy) is 2. The van der Waals surface area contributed by atoms with Crippen LogP contribution in [-0.4, -0.2) is 12.6 Å². The lowest BCUT2D eigenvalue weighted by Gasteiger charge is -2.13. The Morgan fingerprint density at radius 1 is 1.30 bits per heavy atom. The molecule has 0 aromatic heterocycles. The molecule has 1 aliphatic heterocycles. The van der Waals surface area contributed by atoms with Crippen molar-refractivity contribution in [2.75, 3.05) is 6.61 Å². The van der Waals surface area contributed by atoms with Gasteiger partial charge in [0.25, 0.3) is 0 Å². The first kappa shape index (κ1) is 15.3. The molecule has 1 aliphatic carbocycles. The fraction of sp³-hybridized carbons (Fsp3) is 0.211. The molecule has 0 N–H and O–H groups in total. The largest absolute Gasteiger partial charge is 0.464 e. The van der Waals surface area contributed by atoms with E-state index in [1.807, 2.05) is 12.2 Å². The van der Waals surface area contributed by atoms with Gasteiger partial charge in [0.05, 0.1) is 12.9 Å². The van der Waals surface area contributed by atoms with Gasteiger partial charge in [0.1, 0.15) is 11.6 Å². The molecule has 0 fully saturated rings. The molecular formula is C19H17FO3. The SMILES string of the molecule is CCOC(=O)C=C(C1=C2OC=CC=C2CC1)c1ccc(F)cc1. The van der Waals surface area contributed by atoms with E-state index in [-0.39, 0.29) is 5.82 Å². The van der Waals surface area contributed by atoms with Crippen molar-refractivity contribution in [1.29, 1.82) is 0 Å². The van der Waals surface area contributed by atoms with E-state index in [0.29, 0.717) is 6.61 Å². The van der Waals surface area contributed by atoms with E-state index >= 15 is 0 Å². The monoisotopic (exact) mass is 312 g/mol. The number of allylic oxidation sites excluding steroid dienone is 5. The van der Waals surface area contributed by atoms with Gasteiger partial charge in [0.15, 0.2) is 0 Å². The van der Waals surface area contributed by atoms with Crippen molar-refractivity contribution in [3.63, 3.8) is 0 Å². The van der Waals surface area contributed by atoms with E-state index in [1.165, 1.54) is 18.2 Å². The standard InChI is InChI=1S/C19H17FO3/c1-2-22-18(21)12-17(13-5-8-15(20)9-6-13)16-10-7-14-4-3-11-23-19(14)16/h3-6,8-9,11-12H,2,7,10H2,1H3. The lowest BCUT2D eigenvalue weighted by molar-refractivity contribution is -0.137. The molecule has 0 amide bonds. The summed E-state index contributed by atoms with van der Waals surface area (Å²) in [6.07, 6.45) is 8.58. The number of benzene rings is 1. The maximum atomic E-state index is 13.2. The Morgan fingerprint density at radius 3 is 2.83 bits per heavy atom. The van der Waals surface area contributed by atoms with Gasteiger partial charge in [0, 0.05) is 11.6 Å². The van der Waals surface area contributed by atoms with Crippen molar-refractivity contribution in [2.45, 2.75) is 19.8 Å². The molecular weight excluding hydrogens is 295 g/mol. The molecule has 0 bridgehead atoms. The number of esters is 1. The second-order valence-corrected chi connectivity index (χ2v) is 5.26. The molecule has 23 heavy (non-hydrogen) atoms. The normalized spacial score (nSPS) is 16.8. The molecule has 1 heterocycles. The lowest BCUT2D eigenvalue weighted by Crippen LogP contribution is -2.03. The zero-order valence-corrected chi connectivity index (χ0v) is 12.8. The average Bonchev–Trinajstić information content (AvgIpc) is 2.98. The van der Waals surface area contributed by atoms with Crippen molar-refractivity contribution in [3.05, 3.63) is 77.0 Å². The van der Waals surface area contributed by atoms with Gasteiger partial charge >= 0.3 is 5.97 Å². The lowest BCUT2D eigenvalue weighted by atomic mass is 9.96. The van der Waals surface area contributed by atoms with E-state index in [9.17, 15) is 9.18 Å². The summed E-state index contributed by atoms with van der Waals surface area (Å²) < 4.78 is 23.9. The maximum absolute atomic E-state index is 13.2. The molecule has 1 aromatic rings. The fourth-order valence-corrected chi connectivity index (χ4v) is 2.78. The van der Waals surface area contributed by atoms with Crippen LogP contribution in [0.1, 0.15) is 25.3 Å². The van der Waals surface area contributed by atoms with Crippen LogP contribution in [0.15, 0.2) is 65.7 Å². The van der Waals surface area contributed by atoms with Crippen LogP contribution in [-0.2, 0) is 14.3 Å². The number of hydrogen-bond donors (Lipinski definition) is 0. The van der Waals surface area contributed by atoms with Gasteiger partial charge in [-0.2, -0.15) is 0 Å². The third-order valence-corrected chi connectivity index (χ3v) is 3.80. The van der Waals surface area contributed by atoms with Crippen LogP contribution in [0.4, 0.5) is 4.39 Å². The summed E-state index contributed by atoms with van der Waals surface area (Å²) in [5.74, 6) is 0.0572. The molecule has 0 unspecified atom stereocenters. The van der Waals surface area contributed by atoms with E-state index in [0.717, 1.165) is 40.9 Å². The Hall–Kier alpha value is -2.62. The Kier molecular flexibility index (Phi) is 4.42. The maximum Gasteiger partial charge on any atom is 0.331 e. The van der Waals surface area contributed by atoms with Crippen molar-refractivity contribution < 1.29 is 18.7 Å². The summed E-state index contributed by atoms with van der Waals surface area (Å²) in [6.45, 7) is 2.07. The number of halogens is 1. The molecule has 4 heteroatoms. The summed E-state index contributed by atoms with van der Waals surface area (Å²) in [4.78, 5) is 11.9. The topological polar surface area (TPSA) is 35.5 Å². The van der Waals surface area contributed by atoms with Gasteiger partial charge in [-0.3, -0.25) is 0 Å². The van der Waals surface area contributed by atoms with Gasteiger partial charge in [-0.25, -0.2) is 9.18 Å². The highest BCUT2D eigenvalue weighted by Crippen LogP contribution is 2.41. The van der Waals surface area contributed by atoms with Gasteiger partial charge < -0.3 is 9.47 Å². The Labute approximate surface area is 134 Å². The zero-order chi connectivity index (χ0) is 16.2. The van der Waals surface area contributed by atoms with Crippen LogP contribution < -0.4 is 0 Å².